The van der Waals surface area contributed by atoms with Gasteiger partial charge in [0.25, 0.3) is 0 Å². The van der Waals surface area contributed by atoms with E-state index < -0.39 is 12.0 Å². The number of rotatable bonds is 11. The molecule has 0 aliphatic heterocycles. The number of halogens is 3. The molecule has 2 N–H and O–H groups in total. The zero-order valence-electron chi connectivity index (χ0n) is 20.2. The van der Waals surface area contributed by atoms with Gasteiger partial charge in [-0.3, -0.25) is 4.79 Å². The summed E-state index contributed by atoms with van der Waals surface area (Å²) in [7, 11) is 0. The number of carbonyl (C=O) groups excluding carboxylic acids is 1. The van der Waals surface area contributed by atoms with Gasteiger partial charge in [0.2, 0.25) is 0 Å². The van der Waals surface area contributed by atoms with Crippen molar-refractivity contribution in [1.29, 1.82) is 0 Å². The third-order valence-electron chi connectivity index (χ3n) is 6.54. The maximum absolute atomic E-state index is 15.6. The van der Waals surface area contributed by atoms with Gasteiger partial charge in [0, 0.05) is 11.6 Å². The topological polar surface area (TPSA) is 52.3 Å². The number of esters is 1. The molecule has 6 heteroatoms. The van der Waals surface area contributed by atoms with Crippen LogP contribution in [0.4, 0.5) is 8.78 Å². The average molecular weight is 492 g/mol. The van der Waals surface area contributed by atoms with Crippen molar-refractivity contribution in [2.75, 3.05) is 6.61 Å². The van der Waals surface area contributed by atoms with E-state index >= 15 is 4.39 Å². The summed E-state index contributed by atoms with van der Waals surface area (Å²) in [6, 6.07) is 5.95. The minimum atomic E-state index is -0.806. The van der Waals surface area contributed by atoms with E-state index in [0.717, 1.165) is 67.2 Å². The lowest BCUT2D eigenvalue weighted by molar-refractivity contribution is -0.143. The number of hydrogen-bond donors (Lipinski definition) is 1. The van der Waals surface area contributed by atoms with Crippen LogP contribution in [0.1, 0.15) is 86.1 Å². The Balaban J connectivity index is 0.00000408. The Morgan fingerprint density at radius 2 is 1.97 bits per heavy atom. The van der Waals surface area contributed by atoms with E-state index in [9.17, 15) is 9.18 Å². The van der Waals surface area contributed by atoms with E-state index in [1.165, 1.54) is 6.07 Å². The van der Waals surface area contributed by atoms with Crippen LogP contribution in [0, 0.1) is 18.6 Å². The van der Waals surface area contributed by atoms with Crippen LogP contribution < -0.4 is 5.73 Å². The van der Waals surface area contributed by atoms with E-state index in [2.05, 4.69) is 6.58 Å². The van der Waals surface area contributed by atoms with Crippen LogP contribution in [0.25, 0.3) is 11.1 Å². The second-order valence-corrected chi connectivity index (χ2v) is 9.00. The molecule has 1 fully saturated rings. The lowest BCUT2D eigenvalue weighted by Crippen LogP contribution is -2.20. The number of unbranched alkanes of at least 4 members (excludes halogenated alkanes) is 2. The van der Waals surface area contributed by atoms with Gasteiger partial charge in [-0.25, -0.2) is 8.78 Å². The van der Waals surface area contributed by atoms with Crippen LogP contribution in [-0.4, -0.2) is 12.6 Å². The van der Waals surface area contributed by atoms with Crippen molar-refractivity contribution in [2.45, 2.75) is 77.2 Å². The Bertz CT molecular complexity index is 1000. The summed E-state index contributed by atoms with van der Waals surface area (Å²) in [5.41, 5.74) is 10.8. The highest BCUT2D eigenvalue weighted by Gasteiger charge is 2.28. The second kappa shape index (κ2) is 13.0. The summed E-state index contributed by atoms with van der Waals surface area (Å²) < 4.78 is 34.9. The molecule has 1 aliphatic rings. The predicted octanol–water partition coefficient (Wildman–Crippen LogP) is 7.48. The van der Waals surface area contributed by atoms with Gasteiger partial charge < -0.3 is 10.5 Å². The molecule has 0 aromatic heterocycles. The molecule has 0 heterocycles. The smallest absolute Gasteiger partial charge is 0.307 e. The molecular formula is C28H36ClF2NO2. The maximum atomic E-state index is 15.6. The Hall–Kier alpha value is -2.24. The van der Waals surface area contributed by atoms with Gasteiger partial charge in [-0.15, -0.1) is 19.0 Å². The van der Waals surface area contributed by atoms with Gasteiger partial charge in [0.1, 0.15) is 11.6 Å². The molecule has 3 nitrogen and oxygen atoms in total. The SMILES string of the molecule is C=CCCCCc1cc(F)cc(C)c1-c1cc(C2CCC2)c(F)c([C@@H](N)CC(=O)OCC)c1.Cl. The number of carbonyl (C=O) groups is 1. The van der Waals surface area contributed by atoms with Crippen molar-refractivity contribution < 1.29 is 18.3 Å². The first-order valence-corrected chi connectivity index (χ1v) is 12.0. The molecular weight excluding hydrogens is 456 g/mol. The molecule has 0 unspecified atom stereocenters. The summed E-state index contributed by atoms with van der Waals surface area (Å²) in [5, 5.41) is 0. The van der Waals surface area contributed by atoms with Crippen molar-refractivity contribution >= 4 is 18.4 Å². The molecule has 1 aliphatic carbocycles. The first-order chi connectivity index (χ1) is 15.8. The maximum Gasteiger partial charge on any atom is 0.307 e. The van der Waals surface area contributed by atoms with Gasteiger partial charge in [0.05, 0.1) is 13.0 Å². The van der Waals surface area contributed by atoms with E-state index in [0.29, 0.717) is 11.1 Å². The van der Waals surface area contributed by atoms with Crippen molar-refractivity contribution in [1.82, 2.24) is 0 Å². The molecule has 186 valence electrons. The molecule has 0 amide bonds. The number of aryl methyl sites for hydroxylation is 2. The second-order valence-electron chi connectivity index (χ2n) is 9.00. The summed E-state index contributed by atoms with van der Waals surface area (Å²) in [6.07, 6.45) is 8.27. The fourth-order valence-corrected chi connectivity index (χ4v) is 4.64. The molecule has 0 spiro atoms. The quantitative estimate of drug-likeness (QED) is 0.201. The van der Waals surface area contributed by atoms with Crippen LogP contribution in [0.15, 0.2) is 36.9 Å². The third kappa shape index (κ3) is 6.67. The van der Waals surface area contributed by atoms with E-state index in [4.69, 9.17) is 10.5 Å². The van der Waals surface area contributed by atoms with Crippen molar-refractivity contribution in [3.63, 3.8) is 0 Å². The van der Waals surface area contributed by atoms with E-state index in [1.807, 2.05) is 19.1 Å². The zero-order valence-corrected chi connectivity index (χ0v) is 21.0. The standard InChI is InChI=1S/C28H35F2NO2.ClH/c1-4-6-7-8-10-20-14-22(29)13-18(3)27(20)21-15-23(19-11-9-12-19)28(30)24(16-21)25(31)17-26(32)33-5-2;/h4,13-16,19,25H,1,5-12,17,31H2,2-3H3;1H/t25-;/m0./s1. The van der Waals surface area contributed by atoms with Crippen LogP contribution in [-0.2, 0) is 16.0 Å². The lowest BCUT2D eigenvalue weighted by atomic mass is 9.77. The Kier molecular flexibility index (Phi) is 10.7. The van der Waals surface area contributed by atoms with Gasteiger partial charge in [-0.05, 0) is 110 Å². The number of ether oxygens (including phenoxy) is 1. The molecule has 0 saturated heterocycles. The summed E-state index contributed by atoms with van der Waals surface area (Å²) in [5.74, 6) is -0.890. The zero-order chi connectivity index (χ0) is 24.0. The van der Waals surface area contributed by atoms with E-state index in [1.54, 1.807) is 19.1 Å². The highest BCUT2D eigenvalue weighted by Crippen LogP contribution is 2.42. The molecule has 3 rings (SSSR count). The predicted molar refractivity (Wildman–Crippen MR) is 136 cm³/mol. The monoisotopic (exact) mass is 491 g/mol. The number of hydrogen-bond acceptors (Lipinski definition) is 3. The molecule has 1 saturated carbocycles. The summed E-state index contributed by atoms with van der Waals surface area (Å²) in [4.78, 5) is 12.0. The number of benzene rings is 2. The normalized spacial score (nSPS) is 14.1. The minimum Gasteiger partial charge on any atom is -0.466 e. The van der Waals surface area contributed by atoms with Crippen LogP contribution in [0.2, 0.25) is 0 Å². The fourth-order valence-electron chi connectivity index (χ4n) is 4.64. The Morgan fingerprint density at radius 1 is 1.24 bits per heavy atom. The van der Waals surface area contributed by atoms with Crippen LogP contribution in [0.5, 0.6) is 0 Å². The summed E-state index contributed by atoms with van der Waals surface area (Å²) >= 11 is 0. The number of nitrogens with two attached hydrogens (primary N) is 1. The van der Waals surface area contributed by atoms with Gasteiger partial charge in [-0.1, -0.05) is 12.5 Å². The van der Waals surface area contributed by atoms with Gasteiger partial charge in [-0.2, -0.15) is 0 Å². The first kappa shape index (κ1) is 28.0. The van der Waals surface area contributed by atoms with Crippen molar-refractivity contribution in [3.8, 4) is 11.1 Å². The highest BCUT2D eigenvalue weighted by molar-refractivity contribution is 5.85. The summed E-state index contributed by atoms with van der Waals surface area (Å²) in [6.45, 7) is 7.63. The lowest BCUT2D eigenvalue weighted by Gasteiger charge is -2.29. The third-order valence-corrected chi connectivity index (χ3v) is 6.54. The molecule has 2 aromatic carbocycles. The average Bonchev–Trinajstić information content (AvgIpc) is 2.71. The largest absolute Gasteiger partial charge is 0.466 e. The van der Waals surface area contributed by atoms with Crippen molar-refractivity contribution in [3.05, 3.63) is 70.8 Å². The Morgan fingerprint density at radius 3 is 2.59 bits per heavy atom. The van der Waals surface area contributed by atoms with Crippen LogP contribution >= 0.6 is 12.4 Å². The molecule has 0 bridgehead atoms. The molecule has 2 aromatic rings. The first-order valence-electron chi connectivity index (χ1n) is 12.0. The highest BCUT2D eigenvalue weighted by atomic mass is 35.5. The minimum absolute atomic E-state index is 0. The van der Waals surface area contributed by atoms with Crippen LogP contribution in [0.3, 0.4) is 0 Å². The molecule has 1 atom stereocenters. The fraction of sp³-hybridized carbons (Fsp3) is 0.464. The van der Waals surface area contributed by atoms with Crippen molar-refractivity contribution in [2.24, 2.45) is 5.73 Å². The van der Waals surface area contributed by atoms with Gasteiger partial charge in [0.15, 0.2) is 0 Å². The Labute approximate surface area is 208 Å². The molecule has 0 radical (unpaired) electrons. The van der Waals surface area contributed by atoms with E-state index in [-0.39, 0.29) is 43.0 Å². The number of allylic oxidation sites excluding steroid dienone is 1. The van der Waals surface area contributed by atoms with Gasteiger partial charge >= 0.3 is 5.97 Å². The molecule has 34 heavy (non-hydrogen) atoms.